The SMILES string of the molecule is C=C1C[C@@H]2C[C@H](C)CC(c3ccc(-c4nc(-c5ccccc5)nc(-c5cccc6c5-c5cccc(C#N)c5C6(C)C)n4)cc3)(C1)C2. The molecule has 4 aromatic carbocycles. The minimum Gasteiger partial charge on any atom is -0.208 e. The largest absolute Gasteiger partial charge is 0.208 e. The number of fused-ring (bicyclic) bond motifs is 5. The molecule has 2 saturated carbocycles. The van der Waals surface area contributed by atoms with E-state index in [0.29, 0.717) is 23.0 Å². The summed E-state index contributed by atoms with van der Waals surface area (Å²) in [4.78, 5) is 15.3. The number of benzene rings is 4. The molecule has 0 radical (unpaired) electrons. The van der Waals surface area contributed by atoms with E-state index in [-0.39, 0.29) is 10.8 Å². The second-order valence-corrected chi connectivity index (χ2v) is 14.5. The van der Waals surface area contributed by atoms with E-state index in [2.05, 4.69) is 94.1 Å². The first-order valence-corrected chi connectivity index (χ1v) is 16.5. The predicted molar refractivity (Wildman–Crippen MR) is 185 cm³/mol. The van der Waals surface area contributed by atoms with E-state index in [9.17, 15) is 5.26 Å². The molecule has 3 aliphatic rings. The lowest BCUT2D eigenvalue weighted by atomic mass is 9.56. The number of nitriles is 1. The molecule has 5 aromatic rings. The minimum absolute atomic E-state index is 0.183. The van der Waals surface area contributed by atoms with Gasteiger partial charge in [-0.3, -0.25) is 0 Å². The van der Waals surface area contributed by atoms with Gasteiger partial charge in [-0.05, 0) is 83.2 Å². The van der Waals surface area contributed by atoms with Crippen molar-refractivity contribution < 1.29 is 0 Å². The number of allylic oxidation sites excluding steroid dienone is 1. The van der Waals surface area contributed by atoms with Crippen LogP contribution in [-0.2, 0) is 10.8 Å². The first kappa shape index (κ1) is 28.6. The summed E-state index contributed by atoms with van der Waals surface area (Å²) >= 11 is 0. The Kier molecular flexibility index (Phi) is 6.58. The third kappa shape index (κ3) is 4.52. The van der Waals surface area contributed by atoms with Gasteiger partial charge in [0.1, 0.15) is 0 Å². The summed E-state index contributed by atoms with van der Waals surface area (Å²) in [6.07, 6.45) is 6.07. The van der Waals surface area contributed by atoms with Crippen molar-refractivity contribution in [2.24, 2.45) is 11.8 Å². The molecular formula is C42H38N4. The number of nitrogens with zero attached hydrogens (tertiary/aromatic N) is 4. The summed E-state index contributed by atoms with van der Waals surface area (Å²) in [6.45, 7) is 11.3. The highest BCUT2D eigenvalue weighted by atomic mass is 15.0. The maximum atomic E-state index is 10.0. The molecule has 226 valence electrons. The van der Waals surface area contributed by atoms with E-state index < -0.39 is 0 Å². The van der Waals surface area contributed by atoms with Crippen LogP contribution in [0.5, 0.6) is 0 Å². The van der Waals surface area contributed by atoms with Crippen molar-refractivity contribution >= 4 is 0 Å². The fraction of sp³-hybridized carbons (Fsp3) is 0.286. The van der Waals surface area contributed by atoms with Crippen LogP contribution in [0, 0.1) is 23.2 Å². The molecule has 8 rings (SSSR count). The molecule has 2 fully saturated rings. The zero-order valence-corrected chi connectivity index (χ0v) is 26.8. The molecule has 4 nitrogen and oxygen atoms in total. The van der Waals surface area contributed by atoms with Crippen molar-refractivity contribution in [3.8, 4) is 51.4 Å². The van der Waals surface area contributed by atoms with Gasteiger partial charge in [-0.15, -0.1) is 0 Å². The van der Waals surface area contributed by atoms with E-state index in [1.807, 2.05) is 30.3 Å². The highest BCUT2D eigenvalue weighted by molar-refractivity contribution is 5.92. The number of hydrogen-bond acceptors (Lipinski definition) is 4. The molecule has 0 aliphatic heterocycles. The number of hydrogen-bond donors (Lipinski definition) is 0. The van der Waals surface area contributed by atoms with Crippen LogP contribution >= 0.6 is 0 Å². The summed E-state index contributed by atoms with van der Waals surface area (Å²) in [5, 5.41) is 10.0. The van der Waals surface area contributed by atoms with Gasteiger partial charge in [-0.2, -0.15) is 5.26 Å². The smallest absolute Gasteiger partial charge is 0.164 e. The van der Waals surface area contributed by atoms with Crippen LogP contribution in [-0.4, -0.2) is 15.0 Å². The van der Waals surface area contributed by atoms with Gasteiger partial charge in [0.25, 0.3) is 0 Å². The fourth-order valence-corrected chi connectivity index (χ4v) is 9.16. The van der Waals surface area contributed by atoms with Crippen LogP contribution in [0.3, 0.4) is 0 Å². The van der Waals surface area contributed by atoms with Crippen molar-refractivity contribution in [2.75, 3.05) is 0 Å². The Balaban J connectivity index is 1.27. The first-order chi connectivity index (χ1) is 22.3. The average molecular weight is 599 g/mol. The standard InChI is InChI=1S/C42H38N4/c1-26-20-28-21-27(2)23-42(22-26,24-28)32-18-16-30(17-19-32)39-44-38(29-10-6-5-7-11-29)45-40(46-39)34-14-9-15-35-36(34)33-13-8-12-31(25-43)37(33)41(35,3)4/h5-19,27-28H,1,20-24H2,2-4H3/t27-,28+,42?/m0/s1. The highest BCUT2D eigenvalue weighted by Gasteiger charge is 2.44. The molecule has 1 aromatic heterocycles. The van der Waals surface area contributed by atoms with Crippen LogP contribution < -0.4 is 0 Å². The van der Waals surface area contributed by atoms with Crippen molar-refractivity contribution in [1.29, 1.82) is 5.26 Å². The van der Waals surface area contributed by atoms with Crippen molar-refractivity contribution in [1.82, 2.24) is 15.0 Å². The summed E-state index contributed by atoms with van der Waals surface area (Å²) in [5.41, 5.74) is 10.7. The third-order valence-corrected chi connectivity index (χ3v) is 10.8. The molecule has 1 heterocycles. The Morgan fingerprint density at radius 2 is 1.43 bits per heavy atom. The fourth-order valence-electron chi connectivity index (χ4n) is 9.16. The molecule has 4 heteroatoms. The van der Waals surface area contributed by atoms with Crippen molar-refractivity contribution in [3.63, 3.8) is 0 Å². The van der Waals surface area contributed by atoms with Gasteiger partial charge < -0.3 is 0 Å². The highest BCUT2D eigenvalue weighted by Crippen LogP contribution is 2.54. The van der Waals surface area contributed by atoms with Crippen LogP contribution in [0.2, 0.25) is 0 Å². The summed E-state index contributed by atoms with van der Waals surface area (Å²) in [5.74, 6) is 3.43. The molecule has 0 spiro atoms. The van der Waals surface area contributed by atoms with E-state index in [1.54, 1.807) is 0 Å². The summed E-state index contributed by atoms with van der Waals surface area (Å²) in [6, 6.07) is 34.0. The lowest BCUT2D eigenvalue weighted by Gasteiger charge is -2.49. The van der Waals surface area contributed by atoms with Crippen LogP contribution in [0.25, 0.3) is 45.3 Å². The van der Waals surface area contributed by atoms with Crippen LogP contribution in [0.1, 0.15) is 75.1 Å². The van der Waals surface area contributed by atoms with Crippen LogP contribution in [0.4, 0.5) is 0 Å². The van der Waals surface area contributed by atoms with Gasteiger partial charge in [0.2, 0.25) is 0 Å². The molecular weight excluding hydrogens is 560 g/mol. The van der Waals surface area contributed by atoms with Gasteiger partial charge in [0.05, 0.1) is 11.6 Å². The van der Waals surface area contributed by atoms with Crippen molar-refractivity contribution in [2.45, 2.75) is 63.7 Å². The Hall–Kier alpha value is -4.88. The predicted octanol–water partition coefficient (Wildman–Crippen LogP) is 10.1. The van der Waals surface area contributed by atoms with Crippen LogP contribution in [0.15, 0.2) is 103 Å². The Bertz CT molecular complexity index is 2050. The third-order valence-electron chi connectivity index (χ3n) is 10.8. The minimum atomic E-state index is -0.319. The van der Waals surface area contributed by atoms with Gasteiger partial charge in [0, 0.05) is 22.1 Å². The van der Waals surface area contributed by atoms with E-state index >= 15 is 0 Å². The summed E-state index contributed by atoms with van der Waals surface area (Å²) in [7, 11) is 0. The second kappa shape index (κ2) is 10.6. The molecule has 0 N–H and O–H groups in total. The molecule has 3 atom stereocenters. The maximum absolute atomic E-state index is 10.0. The molecule has 2 bridgehead atoms. The quantitative estimate of drug-likeness (QED) is 0.193. The van der Waals surface area contributed by atoms with E-state index in [0.717, 1.165) is 51.6 Å². The van der Waals surface area contributed by atoms with E-state index in [1.165, 1.54) is 42.4 Å². The zero-order chi connectivity index (χ0) is 31.6. The van der Waals surface area contributed by atoms with Gasteiger partial charge >= 0.3 is 0 Å². The van der Waals surface area contributed by atoms with Crippen molar-refractivity contribution in [3.05, 3.63) is 125 Å². The lowest BCUT2D eigenvalue weighted by Crippen LogP contribution is -2.40. The van der Waals surface area contributed by atoms with Gasteiger partial charge in [0.15, 0.2) is 17.5 Å². The zero-order valence-electron chi connectivity index (χ0n) is 26.8. The molecule has 0 amide bonds. The molecule has 1 unspecified atom stereocenters. The topological polar surface area (TPSA) is 62.5 Å². The summed E-state index contributed by atoms with van der Waals surface area (Å²) < 4.78 is 0. The van der Waals surface area contributed by atoms with Gasteiger partial charge in [-0.1, -0.05) is 118 Å². The lowest BCUT2D eigenvalue weighted by molar-refractivity contribution is 0.139. The second-order valence-electron chi connectivity index (χ2n) is 14.5. The Labute approximate surface area is 271 Å². The number of aromatic nitrogens is 3. The van der Waals surface area contributed by atoms with E-state index in [4.69, 9.17) is 15.0 Å². The first-order valence-electron chi connectivity index (χ1n) is 16.5. The Morgan fingerprint density at radius 1 is 0.761 bits per heavy atom. The number of rotatable bonds is 4. The Morgan fingerprint density at radius 3 is 2.17 bits per heavy atom. The van der Waals surface area contributed by atoms with Gasteiger partial charge in [-0.25, -0.2) is 15.0 Å². The maximum Gasteiger partial charge on any atom is 0.164 e. The average Bonchev–Trinajstić information content (AvgIpc) is 3.31. The molecule has 0 saturated heterocycles. The molecule has 46 heavy (non-hydrogen) atoms. The normalized spacial score (nSPS) is 22.5. The molecule has 3 aliphatic carbocycles. The monoisotopic (exact) mass is 598 g/mol.